The number of hydrogen-bond acceptors (Lipinski definition) is 3. The molecule has 1 aromatic heterocycles. The molecule has 1 aliphatic carbocycles. The lowest BCUT2D eigenvalue weighted by Crippen LogP contribution is -2.39. The lowest BCUT2D eigenvalue weighted by Gasteiger charge is -2.27. The number of nitrogens with one attached hydrogen (secondary N) is 1. The van der Waals surface area contributed by atoms with Crippen molar-refractivity contribution in [1.82, 2.24) is 14.9 Å². The molecule has 3 unspecified atom stereocenters. The predicted molar refractivity (Wildman–Crippen MR) is 96.6 cm³/mol. The monoisotopic (exact) mass is 328 g/mol. The van der Waals surface area contributed by atoms with Crippen LogP contribution >= 0.6 is 0 Å². The van der Waals surface area contributed by atoms with Gasteiger partial charge < -0.3 is 15.6 Å². The third-order valence-electron chi connectivity index (χ3n) is 4.97. The SMILES string of the molecule is CC(NC(=O)C1CCCC(N)C1)c1nc2ccccc2n1C(C)C. The molecule has 1 amide bonds. The quantitative estimate of drug-likeness (QED) is 0.904. The van der Waals surface area contributed by atoms with Gasteiger partial charge in [-0.25, -0.2) is 4.98 Å². The van der Waals surface area contributed by atoms with Crippen molar-refractivity contribution in [2.75, 3.05) is 0 Å². The maximum atomic E-state index is 12.6. The smallest absolute Gasteiger partial charge is 0.223 e. The van der Waals surface area contributed by atoms with Crippen LogP contribution in [0.5, 0.6) is 0 Å². The highest BCUT2D eigenvalue weighted by Crippen LogP contribution is 2.27. The van der Waals surface area contributed by atoms with Gasteiger partial charge in [-0.1, -0.05) is 18.6 Å². The number of hydrogen-bond donors (Lipinski definition) is 2. The van der Waals surface area contributed by atoms with E-state index in [9.17, 15) is 4.79 Å². The molecule has 0 saturated heterocycles. The van der Waals surface area contributed by atoms with E-state index in [1.54, 1.807) is 0 Å². The maximum Gasteiger partial charge on any atom is 0.223 e. The first-order valence-corrected chi connectivity index (χ1v) is 9.00. The molecule has 130 valence electrons. The summed E-state index contributed by atoms with van der Waals surface area (Å²) >= 11 is 0. The fourth-order valence-corrected chi connectivity index (χ4v) is 3.77. The van der Waals surface area contributed by atoms with E-state index in [0.29, 0.717) is 0 Å². The van der Waals surface area contributed by atoms with E-state index in [4.69, 9.17) is 10.7 Å². The van der Waals surface area contributed by atoms with Crippen LogP contribution in [0.3, 0.4) is 0 Å². The van der Waals surface area contributed by atoms with Gasteiger partial charge in [0.05, 0.1) is 17.1 Å². The Labute approximate surface area is 143 Å². The number of amides is 1. The molecule has 24 heavy (non-hydrogen) atoms. The minimum absolute atomic E-state index is 0.0353. The van der Waals surface area contributed by atoms with E-state index in [1.165, 1.54) is 0 Å². The van der Waals surface area contributed by atoms with Crippen molar-refractivity contribution in [2.24, 2.45) is 11.7 Å². The number of rotatable bonds is 4. The van der Waals surface area contributed by atoms with Gasteiger partial charge in [-0.05, 0) is 52.2 Å². The third-order valence-corrected chi connectivity index (χ3v) is 4.97. The van der Waals surface area contributed by atoms with E-state index in [2.05, 4.69) is 29.8 Å². The molecule has 1 aromatic carbocycles. The zero-order valence-corrected chi connectivity index (χ0v) is 14.8. The number of nitrogens with two attached hydrogens (primary N) is 1. The summed E-state index contributed by atoms with van der Waals surface area (Å²) < 4.78 is 2.22. The Morgan fingerprint density at radius 3 is 2.75 bits per heavy atom. The molecule has 3 N–H and O–H groups in total. The van der Waals surface area contributed by atoms with Crippen molar-refractivity contribution < 1.29 is 4.79 Å². The maximum absolute atomic E-state index is 12.6. The number of benzene rings is 1. The molecule has 1 heterocycles. The van der Waals surface area contributed by atoms with E-state index in [0.717, 1.165) is 42.5 Å². The van der Waals surface area contributed by atoms with Crippen molar-refractivity contribution in [3.05, 3.63) is 30.1 Å². The van der Waals surface area contributed by atoms with E-state index >= 15 is 0 Å². The fourth-order valence-electron chi connectivity index (χ4n) is 3.77. The molecular formula is C19H28N4O. The molecule has 0 radical (unpaired) electrons. The molecule has 3 atom stereocenters. The highest BCUT2D eigenvalue weighted by molar-refractivity contribution is 5.80. The van der Waals surface area contributed by atoms with Crippen LogP contribution in [0.15, 0.2) is 24.3 Å². The largest absolute Gasteiger partial charge is 0.346 e. The van der Waals surface area contributed by atoms with Crippen molar-refractivity contribution in [3.8, 4) is 0 Å². The van der Waals surface area contributed by atoms with Gasteiger partial charge in [0, 0.05) is 18.0 Å². The van der Waals surface area contributed by atoms with Gasteiger partial charge in [0.15, 0.2) is 0 Å². The van der Waals surface area contributed by atoms with Crippen LogP contribution in [0.2, 0.25) is 0 Å². The van der Waals surface area contributed by atoms with Gasteiger partial charge in [0.25, 0.3) is 0 Å². The number of carbonyl (C=O) groups excluding carboxylic acids is 1. The molecule has 0 bridgehead atoms. The Balaban J connectivity index is 1.82. The number of imidazole rings is 1. The van der Waals surface area contributed by atoms with E-state index < -0.39 is 0 Å². The van der Waals surface area contributed by atoms with Crippen molar-refractivity contribution in [3.63, 3.8) is 0 Å². The zero-order valence-electron chi connectivity index (χ0n) is 14.8. The fraction of sp³-hybridized carbons (Fsp3) is 0.579. The summed E-state index contributed by atoms with van der Waals surface area (Å²) in [5, 5.41) is 3.16. The second-order valence-electron chi connectivity index (χ2n) is 7.28. The molecule has 2 aromatic rings. The Morgan fingerprint density at radius 2 is 2.04 bits per heavy atom. The topological polar surface area (TPSA) is 72.9 Å². The van der Waals surface area contributed by atoms with Gasteiger partial charge >= 0.3 is 0 Å². The zero-order chi connectivity index (χ0) is 17.3. The molecule has 0 aliphatic heterocycles. The predicted octanol–water partition coefficient (Wildman–Crippen LogP) is 3.31. The number of carbonyl (C=O) groups is 1. The van der Waals surface area contributed by atoms with Crippen molar-refractivity contribution in [1.29, 1.82) is 0 Å². The van der Waals surface area contributed by atoms with Crippen LogP contribution in [0.1, 0.15) is 64.4 Å². The second-order valence-corrected chi connectivity index (χ2v) is 7.28. The van der Waals surface area contributed by atoms with Gasteiger partial charge in [0.2, 0.25) is 5.91 Å². The summed E-state index contributed by atoms with van der Waals surface area (Å²) in [4.78, 5) is 17.4. The minimum Gasteiger partial charge on any atom is -0.346 e. The van der Waals surface area contributed by atoms with Gasteiger partial charge in [-0.15, -0.1) is 0 Å². The van der Waals surface area contributed by atoms with Crippen LogP contribution < -0.4 is 11.1 Å². The molecule has 3 rings (SSSR count). The summed E-state index contributed by atoms with van der Waals surface area (Å²) in [6.07, 6.45) is 3.80. The number of para-hydroxylation sites is 2. The number of fused-ring (bicyclic) bond motifs is 1. The Hall–Kier alpha value is -1.88. The van der Waals surface area contributed by atoms with Gasteiger partial charge in [0.1, 0.15) is 5.82 Å². The van der Waals surface area contributed by atoms with Crippen LogP contribution in [0, 0.1) is 5.92 Å². The summed E-state index contributed by atoms with van der Waals surface area (Å²) in [6.45, 7) is 6.30. The Bertz CT molecular complexity index is 721. The van der Waals surface area contributed by atoms with Crippen LogP contribution in [-0.4, -0.2) is 21.5 Å². The third kappa shape index (κ3) is 3.31. The number of aromatic nitrogens is 2. The molecule has 0 spiro atoms. The first-order valence-electron chi connectivity index (χ1n) is 9.00. The highest BCUT2D eigenvalue weighted by atomic mass is 16.1. The first-order chi connectivity index (χ1) is 11.5. The molecular weight excluding hydrogens is 300 g/mol. The second kappa shape index (κ2) is 6.93. The Morgan fingerprint density at radius 1 is 1.29 bits per heavy atom. The molecule has 1 aliphatic rings. The van der Waals surface area contributed by atoms with Crippen LogP contribution in [0.25, 0.3) is 11.0 Å². The summed E-state index contributed by atoms with van der Waals surface area (Å²) in [6, 6.07) is 8.45. The first kappa shape index (κ1) is 17.0. The van der Waals surface area contributed by atoms with Crippen LogP contribution in [-0.2, 0) is 4.79 Å². The molecule has 1 saturated carbocycles. The number of nitrogens with zero attached hydrogens (tertiary/aromatic N) is 2. The lowest BCUT2D eigenvalue weighted by atomic mass is 9.85. The van der Waals surface area contributed by atoms with Gasteiger partial charge in [-0.2, -0.15) is 0 Å². The van der Waals surface area contributed by atoms with Gasteiger partial charge in [-0.3, -0.25) is 4.79 Å². The van der Waals surface area contributed by atoms with Crippen LogP contribution in [0.4, 0.5) is 0 Å². The van der Waals surface area contributed by atoms with E-state index in [-0.39, 0.29) is 30.0 Å². The average Bonchev–Trinajstić information content (AvgIpc) is 2.94. The molecule has 5 nitrogen and oxygen atoms in total. The summed E-state index contributed by atoms with van der Waals surface area (Å²) in [5.74, 6) is 1.06. The highest BCUT2D eigenvalue weighted by Gasteiger charge is 2.27. The summed E-state index contributed by atoms with van der Waals surface area (Å²) in [5.41, 5.74) is 8.11. The lowest BCUT2D eigenvalue weighted by molar-refractivity contribution is -0.126. The standard InChI is InChI=1S/C19H28N4O/c1-12(2)23-17-10-5-4-9-16(17)22-18(23)13(3)21-19(24)14-7-6-8-15(20)11-14/h4-5,9-10,12-15H,6-8,11,20H2,1-3H3,(H,21,24). The van der Waals surface area contributed by atoms with E-state index in [1.807, 2.05) is 25.1 Å². The average molecular weight is 328 g/mol. The Kier molecular flexibility index (Phi) is 4.90. The minimum atomic E-state index is -0.120. The normalized spacial score (nSPS) is 22.7. The molecule has 1 fully saturated rings. The van der Waals surface area contributed by atoms with Crippen molar-refractivity contribution >= 4 is 16.9 Å². The van der Waals surface area contributed by atoms with Crippen molar-refractivity contribution in [2.45, 2.75) is 64.6 Å². The summed E-state index contributed by atoms with van der Waals surface area (Å²) in [7, 11) is 0. The molecule has 5 heteroatoms.